The predicted octanol–water partition coefficient (Wildman–Crippen LogP) is 1.98. The second-order valence-electron chi connectivity index (χ2n) is 5.23. The van der Waals surface area contributed by atoms with Crippen molar-refractivity contribution < 1.29 is 4.79 Å². The molecule has 0 fully saturated rings. The summed E-state index contributed by atoms with van der Waals surface area (Å²) in [5.41, 5.74) is 1.11. The topological polar surface area (TPSA) is 56.7 Å². The molecule has 0 saturated heterocycles. The fraction of sp³-hybridized carbons (Fsp3) is 0.467. The molecule has 1 amide bonds. The molecule has 0 aliphatic rings. The van der Waals surface area contributed by atoms with Crippen LogP contribution in [0.1, 0.15) is 19.4 Å². The summed E-state index contributed by atoms with van der Waals surface area (Å²) in [5, 5.41) is 6.27. The van der Waals surface area contributed by atoms with E-state index >= 15 is 0 Å². The van der Waals surface area contributed by atoms with Gasteiger partial charge in [0.2, 0.25) is 5.91 Å². The fourth-order valence-electron chi connectivity index (χ4n) is 1.50. The summed E-state index contributed by atoms with van der Waals surface area (Å²) in [6.45, 7) is 4.85. The molecule has 21 heavy (non-hydrogen) atoms. The number of rotatable bonds is 5. The molecule has 2 N–H and O–H groups in total. The van der Waals surface area contributed by atoms with Crippen LogP contribution in [0.15, 0.2) is 33.7 Å². The highest BCUT2D eigenvalue weighted by atomic mass is 79.9. The fourth-order valence-corrected chi connectivity index (χ4v) is 1.77. The smallest absolute Gasteiger partial charge is 0.241 e. The first kappa shape index (κ1) is 17.5. The number of halogens is 1. The second-order valence-corrected chi connectivity index (χ2v) is 6.15. The summed E-state index contributed by atoms with van der Waals surface area (Å²) in [6.07, 6.45) is 0. The molecule has 0 aliphatic heterocycles. The number of nitrogens with zero attached hydrogens (tertiary/aromatic N) is 2. The van der Waals surface area contributed by atoms with Crippen LogP contribution in [-0.4, -0.2) is 43.4 Å². The van der Waals surface area contributed by atoms with Crippen LogP contribution in [0.25, 0.3) is 0 Å². The highest BCUT2D eigenvalue weighted by Crippen LogP contribution is 2.11. The molecule has 0 unspecified atom stereocenters. The van der Waals surface area contributed by atoms with Gasteiger partial charge in [-0.3, -0.25) is 4.79 Å². The molecule has 1 rings (SSSR count). The molecule has 0 spiro atoms. The lowest BCUT2D eigenvalue weighted by Gasteiger charge is -2.16. The molecule has 0 heterocycles. The van der Waals surface area contributed by atoms with Gasteiger partial charge in [-0.1, -0.05) is 28.1 Å². The molecule has 6 heteroatoms. The van der Waals surface area contributed by atoms with Crippen LogP contribution in [0.4, 0.5) is 0 Å². The van der Waals surface area contributed by atoms with Crippen molar-refractivity contribution in [3.63, 3.8) is 0 Å². The Morgan fingerprint density at radius 2 is 1.90 bits per heavy atom. The molecule has 0 radical (unpaired) electrons. The summed E-state index contributed by atoms with van der Waals surface area (Å²) in [7, 11) is 3.47. The molecule has 0 bridgehead atoms. The minimum Gasteiger partial charge on any atom is -0.354 e. The standard InChI is InChI=1S/C15H23BrN4O/c1-11(2)19-15(18-10-14(21)20(3)4)17-9-12-5-7-13(16)8-6-12/h5-8,11H,9-10H2,1-4H3,(H2,17,18,19). The van der Waals surface area contributed by atoms with Crippen molar-refractivity contribution >= 4 is 27.8 Å². The van der Waals surface area contributed by atoms with E-state index in [0.29, 0.717) is 12.5 Å². The van der Waals surface area contributed by atoms with E-state index in [1.807, 2.05) is 38.1 Å². The van der Waals surface area contributed by atoms with Crippen molar-refractivity contribution in [3.8, 4) is 0 Å². The summed E-state index contributed by atoms with van der Waals surface area (Å²) >= 11 is 3.41. The van der Waals surface area contributed by atoms with Gasteiger partial charge in [0.15, 0.2) is 5.96 Å². The van der Waals surface area contributed by atoms with Crippen LogP contribution in [0.5, 0.6) is 0 Å². The van der Waals surface area contributed by atoms with Crippen LogP contribution in [0.2, 0.25) is 0 Å². The van der Waals surface area contributed by atoms with Gasteiger partial charge in [-0.05, 0) is 31.5 Å². The van der Waals surface area contributed by atoms with E-state index in [-0.39, 0.29) is 18.5 Å². The Morgan fingerprint density at radius 3 is 2.43 bits per heavy atom. The Hall–Kier alpha value is -1.56. The maximum Gasteiger partial charge on any atom is 0.241 e. The number of hydrogen-bond donors (Lipinski definition) is 2. The van der Waals surface area contributed by atoms with Gasteiger partial charge in [0.05, 0.1) is 13.1 Å². The van der Waals surface area contributed by atoms with E-state index in [4.69, 9.17) is 0 Å². The van der Waals surface area contributed by atoms with E-state index in [2.05, 4.69) is 31.6 Å². The first-order valence-corrected chi connectivity index (χ1v) is 7.67. The SMILES string of the molecule is CC(C)NC(=NCc1ccc(Br)cc1)NCC(=O)N(C)C. The van der Waals surface area contributed by atoms with Gasteiger partial charge in [-0.15, -0.1) is 0 Å². The summed E-state index contributed by atoms with van der Waals surface area (Å²) in [6, 6.07) is 8.26. The van der Waals surface area contributed by atoms with Crippen molar-refractivity contribution in [1.82, 2.24) is 15.5 Å². The van der Waals surface area contributed by atoms with E-state index in [1.54, 1.807) is 19.0 Å². The molecule has 1 aromatic carbocycles. The highest BCUT2D eigenvalue weighted by molar-refractivity contribution is 9.10. The number of guanidine groups is 1. The third-order valence-corrected chi connectivity index (χ3v) is 3.19. The largest absolute Gasteiger partial charge is 0.354 e. The van der Waals surface area contributed by atoms with Crippen molar-refractivity contribution in [2.75, 3.05) is 20.6 Å². The van der Waals surface area contributed by atoms with Crippen molar-refractivity contribution in [1.29, 1.82) is 0 Å². The van der Waals surface area contributed by atoms with Gasteiger partial charge in [0.1, 0.15) is 0 Å². The number of amides is 1. The molecule has 5 nitrogen and oxygen atoms in total. The van der Waals surface area contributed by atoms with Crippen LogP contribution in [0.3, 0.4) is 0 Å². The van der Waals surface area contributed by atoms with Crippen molar-refractivity contribution in [3.05, 3.63) is 34.3 Å². The summed E-state index contributed by atoms with van der Waals surface area (Å²) in [4.78, 5) is 17.7. The lowest BCUT2D eigenvalue weighted by molar-refractivity contribution is -0.127. The predicted molar refractivity (Wildman–Crippen MR) is 90.2 cm³/mol. The van der Waals surface area contributed by atoms with Crippen LogP contribution < -0.4 is 10.6 Å². The first-order chi connectivity index (χ1) is 9.88. The normalized spacial score (nSPS) is 11.4. The Kier molecular flexibility index (Phi) is 7.22. The average Bonchev–Trinajstić information content (AvgIpc) is 2.42. The number of carbonyl (C=O) groups excluding carboxylic acids is 1. The zero-order chi connectivity index (χ0) is 15.8. The minimum atomic E-state index is 0.0110. The van der Waals surface area contributed by atoms with Gasteiger partial charge in [-0.25, -0.2) is 4.99 Å². The zero-order valence-electron chi connectivity index (χ0n) is 13.0. The molecular weight excluding hydrogens is 332 g/mol. The molecular formula is C15H23BrN4O. The zero-order valence-corrected chi connectivity index (χ0v) is 14.6. The van der Waals surface area contributed by atoms with Gasteiger partial charge >= 0.3 is 0 Å². The van der Waals surface area contributed by atoms with Crippen molar-refractivity contribution in [2.45, 2.75) is 26.4 Å². The van der Waals surface area contributed by atoms with Gasteiger partial charge in [-0.2, -0.15) is 0 Å². The highest BCUT2D eigenvalue weighted by Gasteiger charge is 2.06. The Bertz CT molecular complexity index is 483. The average molecular weight is 355 g/mol. The van der Waals surface area contributed by atoms with Gasteiger partial charge < -0.3 is 15.5 Å². The van der Waals surface area contributed by atoms with E-state index in [0.717, 1.165) is 10.0 Å². The number of aliphatic imine (C=N–C) groups is 1. The molecule has 116 valence electrons. The van der Waals surface area contributed by atoms with Gasteiger partial charge in [0, 0.05) is 24.6 Å². The Labute approximate surface area is 134 Å². The Balaban J connectivity index is 2.65. The maximum atomic E-state index is 11.6. The third-order valence-electron chi connectivity index (χ3n) is 2.66. The summed E-state index contributed by atoms with van der Waals surface area (Å²) in [5.74, 6) is 0.653. The first-order valence-electron chi connectivity index (χ1n) is 6.88. The summed E-state index contributed by atoms with van der Waals surface area (Å²) < 4.78 is 1.05. The molecule has 1 aromatic rings. The maximum absolute atomic E-state index is 11.6. The van der Waals surface area contributed by atoms with Crippen LogP contribution >= 0.6 is 15.9 Å². The molecule has 0 aliphatic carbocycles. The van der Waals surface area contributed by atoms with Crippen LogP contribution in [0, 0.1) is 0 Å². The number of benzene rings is 1. The quantitative estimate of drug-likeness (QED) is 0.627. The number of likely N-dealkylation sites (N-methyl/N-ethyl adjacent to an activating group) is 1. The minimum absolute atomic E-state index is 0.0110. The van der Waals surface area contributed by atoms with Crippen LogP contribution in [-0.2, 0) is 11.3 Å². The number of nitrogens with one attached hydrogen (secondary N) is 2. The number of hydrogen-bond acceptors (Lipinski definition) is 2. The van der Waals surface area contributed by atoms with Crippen molar-refractivity contribution in [2.24, 2.45) is 4.99 Å². The van der Waals surface area contributed by atoms with E-state index in [9.17, 15) is 4.79 Å². The Morgan fingerprint density at radius 1 is 1.29 bits per heavy atom. The number of carbonyl (C=O) groups is 1. The lowest BCUT2D eigenvalue weighted by Crippen LogP contribution is -2.45. The van der Waals surface area contributed by atoms with E-state index < -0.39 is 0 Å². The van der Waals surface area contributed by atoms with Gasteiger partial charge in [0.25, 0.3) is 0 Å². The monoisotopic (exact) mass is 354 g/mol. The second kappa shape index (κ2) is 8.67. The third kappa shape index (κ3) is 7.13. The molecule has 0 saturated carbocycles. The molecule has 0 aromatic heterocycles. The van der Waals surface area contributed by atoms with E-state index in [1.165, 1.54) is 0 Å². The molecule has 0 atom stereocenters. The lowest BCUT2D eigenvalue weighted by atomic mass is 10.2.